The number of esters is 1. The van der Waals surface area contributed by atoms with Gasteiger partial charge in [0.05, 0.1) is 12.6 Å². The first-order valence-electron chi connectivity index (χ1n) is 7.30. The maximum atomic E-state index is 12.5. The normalized spacial score (nSPS) is 25.0. The summed E-state index contributed by atoms with van der Waals surface area (Å²) in [6.45, 7) is 4.33. The molecule has 1 aliphatic rings. The minimum absolute atomic E-state index is 0.142. The van der Waals surface area contributed by atoms with Gasteiger partial charge in [0.2, 0.25) is 0 Å². The molecule has 24 heavy (non-hydrogen) atoms. The van der Waals surface area contributed by atoms with E-state index in [9.17, 15) is 22.4 Å². The van der Waals surface area contributed by atoms with Crippen molar-refractivity contribution < 1.29 is 27.1 Å². The molecule has 7 heteroatoms. The molecule has 1 rings (SSSR count). The molecule has 0 saturated heterocycles. The van der Waals surface area contributed by atoms with Crippen LogP contribution in [0.5, 0.6) is 0 Å². The molecule has 0 spiro atoms. The fourth-order valence-corrected chi connectivity index (χ4v) is 2.66. The zero-order chi connectivity index (χ0) is 18.7. The number of allylic oxidation sites excluding steroid dienone is 3. The summed E-state index contributed by atoms with van der Waals surface area (Å²) in [5.41, 5.74) is -0.208. The Morgan fingerprint density at radius 3 is 2.50 bits per heavy atom. The highest BCUT2D eigenvalue weighted by molar-refractivity contribution is 6.30. The van der Waals surface area contributed by atoms with Crippen LogP contribution < -0.4 is 0 Å². The molecule has 0 aliphatic heterocycles. The van der Waals surface area contributed by atoms with E-state index < -0.39 is 47.2 Å². The number of terminal acetylenes is 1. The molecule has 3 atom stereocenters. The molecule has 0 aromatic rings. The van der Waals surface area contributed by atoms with Crippen molar-refractivity contribution in [3.05, 3.63) is 22.8 Å². The first-order chi connectivity index (χ1) is 11.0. The molecule has 0 heterocycles. The minimum atomic E-state index is -4.65. The molecule has 0 amide bonds. The zero-order valence-corrected chi connectivity index (χ0v) is 14.3. The van der Waals surface area contributed by atoms with Gasteiger partial charge in [-0.25, -0.2) is 0 Å². The van der Waals surface area contributed by atoms with Crippen molar-refractivity contribution >= 4 is 17.6 Å². The van der Waals surface area contributed by atoms with Crippen LogP contribution in [-0.2, 0) is 9.53 Å². The maximum Gasteiger partial charge on any atom is 0.426 e. The molecular formula is C17H19ClF4O2. The summed E-state index contributed by atoms with van der Waals surface area (Å²) in [5, 5.41) is -1.26. The summed E-state index contributed by atoms with van der Waals surface area (Å²) < 4.78 is 54.9. The van der Waals surface area contributed by atoms with Crippen LogP contribution in [0.15, 0.2) is 22.8 Å². The first kappa shape index (κ1) is 20.6. The lowest BCUT2D eigenvalue weighted by molar-refractivity contribution is -0.147. The van der Waals surface area contributed by atoms with Gasteiger partial charge in [-0.2, -0.15) is 13.2 Å². The lowest BCUT2D eigenvalue weighted by Crippen LogP contribution is -2.20. The average Bonchev–Trinajstić information content (AvgIpc) is 3.01. The van der Waals surface area contributed by atoms with Crippen LogP contribution in [0.2, 0.25) is 0 Å². The van der Waals surface area contributed by atoms with Crippen molar-refractivity contribution in [2.75, 3.05) is 6.67 Å². The van der Waals surface area contributed by atoms with Crippen molar-refractivity contribution in [1.29, 1.82) is 0 Å². The molecule has 2 nitrogen and oxygen atoms in total. The number of halogens is 5. The number of carbonyl (C=O) groups excluding carboxylic acids is 1. The van der Waals surface area contributed by atoms with Gasteiger partial charge in [0.15, 0.2) is 6.10 Å². The third-order valence-electron chi connectivity index (χ3n) is 4.14. The van der Waals surface area contributed by atoms with E-state index in [2.05, 4.69) is 5.92 Å². The predicted molar refractivity (Wildman–Crippen MR) is 83.8 cm³/mol. The van der Waals surface area contributed by atoms with Gasteiger partial charge in [0.1, 0.15) is 5.03 Å². The smallest absolute Gasteiger partial charge is 0.426 e. The number of ether oxygens (including phenoxy) is 1. The van der Waals surface area contributed by atoms with Crippen LogP contribution in [0.1, 0.15) is 27.2 Å². The van der Waals surface area contributed by atoms with E-state index >= 15 is 0 Å². The lowest BCUT2D eigenvalue weighted by Gasteiger charge is -2.13. The molecule has 0 aromatic carbocycles. The summed E-state index contributed by atoms with van der Waals surface area (Å²) in [4.78, 5) is 12.2. The Balaban J connectivity index is 2.83. The van der Waals surface area contributed by atoms with Crippen LogP contribution in [0.3, 0.4) is 0 Å². The van der Waals surface area contributed by atoms with Gasteiger partial charge in [-0.1, -0.05) is 43.5 Å². The fourth-order valence-electron chi connectivity index (χ4n) is 2.53. The Bertz CT molecular complexity index is 584. The number of alkyl halides is 4. The van der Waals surface area contributed by atoms with Crippen LogP contribution in [0.25, 0.3) is 0 Å². The van der Waals surface area contributed by atoms with Crippen molar-refractivity contribution in [3.8, 4) is 12.3 Å². The number of hydrogen-bond acceptors (Lipinski definition) is 2. The third-order valence-corrected chi connectivity index (χ3v) is 4.48. The molecule has 0 N–H and O–H groups in total. The summed E-state index contributed by atoms with van der Waals surface area (Å²) in [6.07, 6.45) is 2.19. The van der Waals surface area contributed by atoms with Crippen molar-refractivity contribution in [1.82, 2.24) is 0 Å². The number of rotatable bonds is 6. The highest BCUT2D eigenvalue weighted by atomic mass is 35.5. The molecule has 0 radical (unpaired) electrons. The Labute approximate surface area is 143 Å². The molecule has 0 aromatic heterocycles. The quantitative estimate of drug-likeness (QED) is 0.292. The molecular weight excluding hydrogens is 348 g/mol. The van der Waals surface area contributed by atoms with Crippen molar-refractivity contribution in [3.63, 3.8) is 0 Å². The number of carbonyl (C=O) groups is 1. The third kappa shape index (κ3) is 4.76. The van der Waals surface area contributed by atoms with Gasteiger partial charge in [0.25, 0.3) is 0 Å². The molecule has 1 fully saturated rings. The summed E-state index contributed by atoms with van der Waals surface area (Å²) >= 11 is 5.24. The van der Waals surface area contributed by atoms with Crippen LogP contribution in [-0.4, -0.2) is 24.9 Å². The maximum absolute atomic E-state index is 12.5. The van der Waals surface area contributed by atoms with E-state index in [4.69, 9.17) is 22.8 Å². The Kier molecular flexibility index (Phi) is 6.52. The number of hydrogen-bond donors (Lipinski definition) is 0. The Morgan fingerprint density at radius 1 is 1.46 bits per heavy atom. The molecule has 0 bridgehead atoms. The highest BCUT2D eigenvalue weighted by Gasteiger charge is 2.62. The monoisotopic (exact) mass is 366 g/mol. The van der Waals surface area contributed by atoms with Crippen molar-refractivity contribution in [2.45, 2.75) is 39.5 Å². The van der Waals surface area contributed by atoms with Gasteiger partial charge in [0, 0.05) is 0 Å². The van der Waals surface area contributed by atoms with Gasteiger partial charge >= 0.3 is 12.1 Å². The highest BCUT2D eigenvalue weighted by Crippen LogP contribution is 2.60. The SMILES string of the molecule is C#CC(OC(=O)C1C(/C=C(\Cl)C(F)(F)F)C1(C)C)/C(C)=C/CCF. The van der Waals surface area contributed by atoms with Gasteiger partial charge in [-0.15, -0.1) is 6.42 Å². The summed E-state index contributed by atoms with van der Waals surface area (Å²) in [7, 11) is 0. The van der Waals surface area contributed by atoms with Crippen LogP contribution in [0, 0.1) is 29.6 Å². The summed E-state index contributed by atoms with van der Waals surface area (Å²) in [5.74, 6) is 0.133. The van der Waals surface area contributed by atoms with Gasteiger partial charge < -0.3 is 4.74 Å². The molecule has 134 valence electrons. The lowest BCUT2D eigenvalue weighted by atomic mass is 10.1. The standard InChI is InChI=1S/C17H19ClF4O2/c1-5-12(10(2)7-6-8-19)24-15(23)14-11(16(14,3)4)9-13(18)17(20,21)22/h1,7,9,11-12,14H,6,8H2,2-4H3/b10-7+,13-9-. The van der Waals surface area contributed by atoms with E-state index in [1.54, 1.807) is 20.8 Å². The minimum Gasteiger partial charge on any atom is -0.444 e. The molecule has 3 unspecified atom stereocenters. The van der Waals surface area contributed by atoms with E-state index in [-0.39, 0.29) is 6.42 Å². The fraction of sp³-hybridized carbons (Fsp3) is 0.588. The Hall–Kier alpha value is -1.48. The predicted octanol–water partition coefficient (Wildman–Crippen LogP) is 4.79. The first-order valence-corrected chi connectivity index (χ1v) is 7.68. The topological polar surface area (TPSA) is 26.3 Å². The molecule has 1 aliphatic carbocycles. The average molecular weight is 367 g/mol. The summed E-state index contributed by atoms with van der Waals surface area (Å²) in [6, 6.07) is 0. The van der Waals surface area contributed by atoms with Crippen molar-refractivity contribution in [2.24, 2.45) is 17.3 Å². The second-order valence-corrected chi connectivity index (χ2v) is 6.65. The van der Waals surface area contributed by atoms with Gasteiger partial charge in [-0.3, -0.25) is 9.18 Å². The second kappa shape index (κ2) is 7.60. The van der Waals surface area contributed by atoms with Crippen LogP contribution in [0.4, 0.5) is 17.6 Å². The van der Waals surface area contributed by atoms with E-state index in [1.807, 2.05) is 0 Å². The Morgan fingerprint density at radius 2 is 2.04 bits per heavy atom. The van der Waals surface area contributed by atoms with E-state index in [0.717, 1.165) is 6.08 Å². The van der Waals surface area contributed by atoms with Gasteiger partial charge in [-0.05, 0) is 30.3 Å². The second-order valence-electron chi connectivity index (χ2n) is 6.25. The zero-order valence-electron chi connectivity index (χ0n) is 13.6. The largest absolute Gasteiger partial charge is 0.444 e. The molecule has 1 saturated carbocycles. The van der Waals surface area contributed by atoms with E-state index in [1.165, 1.54) is 6.08 Å². The van der Waals surface area contributed by atoms with E-state index in [0.29, 0.717) is 5.57 Å². The van der Waals surface area contributed by atoms with Crippen LogP contribution >= 0.6 is 11.6 Å².